The molecule has 1 amide bonds. The van der Waals surface area contributed by atoms with Crippen molar-refractivity contribution in [2.24, 2.45) is 5.92 Å². The number of carbonyl (C=O) groups excluding carboxylic acids is 1. The fraction of sp³-hybridized carbons (Fsp3) is 0.722. The predicted molar refractivity (Wildman–Crippen MR) is 93.8 cm³/mol. The summed E-state index contributed by atoms with van der Waals surface area (Å²) in [5.74, 6) is 2.51. The van der Waals surface area contributed by atoms with Crippen LogP contribution in [0, 0.1) is 5.92 Å². The van der Waals surface area contributed by atoms with Crippen molar-refractivity contribution in [3.8, 4) is 0 Å². The van der Waals surface area contributed by atoms with Crippen LogP contribution in [0.3, 0.4) is 0 Å². The van der Waals surface area contributed by atoms with Crippen LogP contribution in [0.5, 0.6) is 0 Å². The fourth-order valence-corrected chi connectivity index (χ4v) is 3.85. The minimum Gasteiger partial charge on any atom is -0.464 e. The van der Waals surface area contributed by atoms with E-state index < -0.39 is 0 Å². The van der Waals surface area contributed by atoms with Crippen molar-refractivity contribution in [1.29, 1.82) is 0 Å². The molecular weight excluding hydrogens is 312 g/mol. The summed E-state index contributed by atoms with van der Waals surface area (Å²) in [5.41, 5.74) is 0. The highest BCUT2D eigenvalue weighted by Crippen LogP contribution is 2.34. The second-order valence-electron chi connectivity index (χ2n) is 6.78. The zero-order chi connectivity index (χ0) is 15.5. The minimum absolute atomic E-state index is 0. The Labute approximate surface area is 145 Å². The van der Waals surface area contributed by atoms with E-state index in [1.165, 1.54) is 6.42 Å². The molecule has 130 valence electrons. The number of halogens is 1. The maximum absolute atomic E-state index is 13.0. The lowest BCUT2D eigenvalue weighted by atomic mass is 9.90. The van der Waals surface area contributed by atoms with Gasteiger partial charge in [0.2, 0.25) is 5.91 Å². The molecule has 2 saturated heterocycles. The summed E-state index contributed by atoms with van der Waals surface area (Å²) < 4.78 is 5.95. The maximum Gasteiger partial charge on any atom is 0.226 e. The minimum atomic E-state index is 0. The van der Waals surface area contributed by atoms with Crippen LogP contribution in [0.2, 0.25) is 0 Å². The molecule has 3 heterocycles. The number of hydrogen-bond donors (Lipinski definition) is 1. The lowest BCUT2D eigenvalue weighted by Crippen LogP contribution is -2.46. The van der Waals surface area contributed by atoms with Crippen molar-refractivity contribution in [2.75, 3.05) is 13.1 Å². The van der Waals surface area contributed by atoms with Crippen LogP contribution in [0.1, 0.15) is 63.5 Å². The highest BCUT2D eigenvalue weighted by Gasteiger charge is 2.35. The Hall–Kier alpha value is -1.00. The molecule has 0 saturated carbocycles. The van der Waals surface area contributed by atoms with Gasteiger partial charge in [0.05, 0.1) is 6.04 Å². The molecule has 0 aromatic carbocycles. The first-order valence-corrected chi connectivity index (χ1v) is 8.81. The molecule has 2 aliphatic rings. The lowest BCUT2D eigenvalue weighted by molar-refractivity contribution is -0.141. The summed E-state index contributed by atoms with van der Waals surface area (Å²) in [4.78, 5) is 15.1. The SMILES string of the molecule is CCc1ccc(C2CCCCN2C(=O)[C@H]2CCN[C@@H](C)C2)o1.Cl. The van der Waals surface area contributed by atoms with Gasteiger partial charge in [0.1, 0.15) is 11.5 Å². The highest BCUT2D eigenvalue weighted by molar-refractivity contribution is 5.85. The molecule has 1 aromatic rings. The summed E-state index contributed by atoms with van der Waals surface area (Å²) >= 11 is 0. The van der Waals surface area contributed by atoms with E-state index in [2.05, 4.69) is 36.2 Å². The summed E-state index contributed by atoms with van der Waals surface area (Å²) in [5, 5.41) is 3.43. The maximum atomic E-state index is 13.0. The van der Waals surface area contributed by atoms with Crippen molar-refractivity contribution >= 4 is 18.3 Å². The monoisotopic (exact) mass is 340 g/mol. The Morgan fingerprint density at radius 2 is 2.17 bits per heavy atom. The molecule has 2 fully saturated rings. The molecule has 2 aliphatic heterocycles. The van der Waals surface area contributed by atoms with E-state index in [4.69, 9.17) is 4.42 Å². The summed E-state index contributed by atoms with van der Waals surface area (Å²) in [6, 6.07) is 4.72. The first kappa shape index (κ1) is 18.3. The smallest absolute Gasteiger partial charge is 0.226 e. The van der Waals surface area contributed by atoms with Gasteiger partial charge in [0.15, 0.2) is 0 Å². The van der Waals surface area contributed by atoms with E-state index >= 15 is 0 Å². The number of piperidine rings is 2. The Morgan fingerprint density at radius 1 is 1.35 bits per heavy atom. The molecule has 4 nitrogen and oxygen atoms in total. The third-order valence-corrected chi connectivity index (χ3v) is 5.12. The summed E-state index contributed by atoms with van der Waals surface area (Å²) in [7, 11) is 0. The Bertz CT molecular complexity index is 517. The molecule has 5 heteroatoms. The third-order valence-electron chi connectivity index (χ3n) is 5.12. The zero-order valence-electron chi connectivity index (χ0n) is 14.2. The second kappa shape index (κ2) is 8.20. The first-order chi connectivity index (χ1) is 10.7. The van der Waals surface area contributed by atoms with Crippen molar-refractivity contribution < 1.29 is 9.21 Å². The van der Waals surface area contributed by atoms with E-state index in [9.17, 15) is 4.79 Å². The van der Waals surface area contributed by atoms with E-state index in [0.717, 1.165) is 56.7 Å². The fourth-order valence-electron chi connectivity index (χ4n) is 3.85. The lowest BCUT2D eigenvalue weighted by Gasteiger charge is -2.38. The van der Waals surface area contributed by atoms with Crippen molar-refractivity contribution in [3.05, 3.63) is 23.7 Å². The molecule has 0 aliphatic carbocycles. The number of carbonyl (C=O) groups is 1. The Balaban J connectivity index is 0.00000192. The van der Waals surface area contributed by atoms with Crippen LogP contribution in [0.25, 0.3) is 0 Å². The van der Waals surface area contributed by atoms with Crippen LogP contribution < -0.4 is 5.32 Å². The predicted octanol–water partition coefficient (Wildman–Crippen LogP) is 3.71. The topological polar surface area (TPSA) is 45.5 Å². The molecule has 0 radical (unpaired) electrons. The molecule has 0 spiro atoms. The van der Waals surface area contributed by atoms with Gasteiger partial charge < -0.3 is 14.6 Å². The standard InChI is InChI=1S/C18H28N2O2.ClH/c1-3-15-7-8-17(22-15)16-6-4-5-11-20(16)18(21)14-9-10-19-13(2)12-14;/h7-8,13-14,16,19H,3-6,9-12H2,1-2H3;1H/t13-,14-,16?;/m0./s1. The third kappa shape index (κ3) is 4.10. The Kier molecular flexibility index (Phi) is 6.54. The summed E-state index contributed by atoms with van der Waals surface area (Å²) in [6.45, 7) is 6.11. The van der Waals surface area contributed by atoms with Crippen molar-refractivity contribution in [2.45, 2.75) is 64.5 Å². The van der Waals surface area contributed by atoms with Gasteiger partial charge in [-0.05, 0) is 57.7 Å². The molecule has 23 heavy (non-hydrogen) atoms. The largest absolute Gasteiger partial charge is 0.464 e. The van der Waals surface area contributed by atoms with Gasteiger partial charge in [0, 0.05) is 24.9 Å². The van der Waals surface area contributed by atoms with Gasteiger partial charge in [-0.3, -0.25) is 4.79 Å². The molecule has 0 bridgehead atoms. The highest BCUT2D eigenvalue weighted by atomic mass is 35.5. The van der Waals surface area contributed by atoms with Gasteiger partial charge >= 0.3 is 0 Å². The number of rotatable bonds is 3. The van der Waals surface area contributed by atoms with E-state index in [1.54, 1.807) is 0 Å². The average Bonchev–Trinajstić information content (AvgIpc) is 3.03. The van der Waals surface area contributed by atoms with E-state index in [1.807, 2.05) is 0 Å². The molecule has 1 N–H and O–H groups in total. The van der Waals surface area contributed by atoms with Crippen LogP contribution in [-0.2, 0) is 11.2 Å². The van der Waals surface area contributed by atoms with E-state index in [0.29, 0.717) is 11.9 Å². The normalized spacial score (nSPS) is 28.3. The molecule has 1 unspecified atom stereocenters. The average molecular weight is 341 g/mol. The number of nitrogens with one attached hydrogen (secondary N) is 1. The second-order valence-corrected chi connectivity index (χ2v) is 6.78. The molecule has 1 aromatic heterocycles. The number of nitrogens with zero attached hydrogens (tertiary/aromatic N) is 1. The van der Waals surface area contributed by atoms with Crippen LogP contribution in [0.15, 0.2) is 16.5 Å². The number of amides is 1. The van der Waals surface area contributed by atoms with Crippen LogP contribution >= 0.6 is 12.4 Å². The zero-order valence-corrected chi connectivity index (χ0v) is 15.0. The Morgan fingerprint density at radius 3 is 2.87 bits per heavy atom. The van der Waals surface area contributed by atoms with Gasteiger partial charge in [-0.25, -0.2) is 0 Å². The molecule has 3 atom stereocenters. The van der Waals surface area contributed by atoms with Gasteiger partial charge in [-0.2, -0.15) is 0 Å². The number of likely N-dealkylation sites (tertiary alicyclic amines) is 1. The molecule has 3 rings (SSSR count). The van der Waals surface area contributed by atoms with Crippen LogP contribution in [0.4, 0.5) is 0 Å². The van der Waals surface area contributed by atoms with Gasteiger partial charge in [-0.1, -0.05) is 6.92 Å². The number of furan rings is 1. The number of hydrogen-bond acceptors (Lipinski definition) is 3. The quantitative estimate of drug-likeness (QED) is 0.912. The van der Waals surface area contributed by atoms with Crippen molar-refractivity contribution in [3.63, 3.8) is 0 Å². The number of aryl methyl sites for hydroxylation is 1. The van der Waals surface area contributed by atoms with Gasteiger partial charge in [-0.15, -0.1) is 12.4 Å². The van der Waals surface area contributed by atoms with Crippen LogP contribution in [-0.4, -0.2) is 29.9 Å². The van der Waals surface area contributed by atoms with Crippen molar-refractivity contribution in [1.82, 2.24) is 10.2 Å². The summed E-state index contributed by atoms with van der Waals surface area (Å²) in [6.07, 6.45) is 6.16. The first-order valence-electron chi connectivity index (χ1n) is 8.81. The molecular formula is C18H29ClN2O2. The van der Waals surface area contributed by atoms with E-state index in [-0.39, 0.29) is 24.4 Å². The van der Waals surface area contributed by atoms with Gasteiger partial charge in [0.25, 0.3) is 0 Å².